The van der Waals surface area contributed by atoms with Crippen LogP contribution in [0.4, 0.5) is 0 Å². The van der Waals surface area contributed by atoms with Crippen LogP contribution in [0.3, 0.4) is 0 Å². The summed E-state index contributed by atoms with van der Waals surface area (Å²) in [5, 5.41) is 23.5. The summed E-state index contributed by atoms with van der Waals surface area (Å²) in [6.07, 6.45) is 22.0. The van der Waals surface area contributed by atoms with Gasteiger partial charge in [0.25, 0.3) is 0 Å². The molecular weight excluding hydrogens is 767 g/mol. The van der Waals surface area contributed by atoms with Gasteiger partial charge in [-0.2, -0.15) is 8.42 Å². The van der Waals surface area contributed by atoms with E-state index in [1.54, 1.807) is 0 Å². The summed E-state index contributed by atoms with van der Waals surface area (Å²) in [5.41, 5.74) is 0. The lowest BCUT2D eigenvalue weighted by Crippen LogP contribution is -2.66. The number of hydrogen-bond donors (Lipinski definition) is 4. The van der Waals surface area contributed by atoms with E-state index >= 15 is 0 Å². The van der Waals surface area contributed by atoms with Gasteiger partial charge in [0.15, 0.2) is 12.4 Å². The van der Waals surface area contributed by atoms with Crippen molar-refractivity contribution in [3.8, 4) is 0 Å². The van der Waals surface area contributed by atoms with Gasteiger partial charge in [-0.05, 0) is 25.7 Å². The third-order valence-electron chi connectivity index (χ3n) is 11.0. The third kappa shape index (κ3) is 27.8. The number of aliphatic hydroxyl groups excluding tert-OH is 2. The van der Waals surface area contributed by atoms with Gasteiger partial charge in [-0.15, -0.1) is 0 Å². The Labute approximate surface area is 351 Å². The molecule has 1 amide bonds. The summed E-state index contributed by atoms with van der Waals surface area (Å²) in [6, 6.07) is -1.53. The molecule has 0 aromatic carbocycles. The minimum Gasteiger partial charge on any atom is -0.462 e. The molecule has 0 radical (unpaired) electrons. The summed E-state index contributed by atoms with van der Waals surface area (Å²) in [5.74, 6) is -1.76. The van der Waals surface area contributed by atoms with E-state index < -0.39 is 65.6 Å². The number of aliphatic hydroxyl groups is 2. The Kier molecular flexibility index (Phi) is 32.5. The van der Waals surface area contributed by atoms with Gasteiger partial charge in [-0.25, -0.2) is 4.18 Å². The van der Waals surface area contributed by atoms with Gasteiger partial charge in [-0.1, -0.05) is 175 Å². The Hall–Kier alpha value is -1.84. The first kappa shape index (κ1) is 54.2. The predicted molar refractivity (Wildman–Crippen MR) is 226 cm³/mol. The first-order valence-electron chi connectivity index (χ1n) is 23.2. The normalized spacial score (nSPS) is 20.1. The molecule has 13 nitrogen and oxygen atoms in total. The lowest BCUT2D eigenvalue weighted by molar-refractivity contribution is -0.254. The number of esters is 2. The van der Waals surface area contributed by atoms with Gasteiger partial charge in [0, 0.05) is 12.8 Å². The molecule has 1 unspecified atom stereocenters. The molecule has 4 N–H and O–H groups in total. The maximum Gasteiger partial charge on any atom is 0.397 e. The molecule has 1 rings (SSSR count). The van der Waals surface area contributed by atoms with E-state index in [9.17, 15) is 37.6 Å². The van der Waals surface area contributed by atoms with Gasteiger partial charge >= 0.3 is 22.3 Å². The van der Waals surface area contributed by atoms with Crippen LogP contribution < -0.4 is 5.32 Å². The first-order valence-corrected chi connectivity index (χ1v) is 24.6. The highest BCUT2D eigenvalue weighted by Gasteiger charge is 2.50. The molecule has 1 aliphatic heterocycles. The third-order valence-corrected chi connectivity index (χ3v) is 11.4. The summed E-state index contributed by atoms with van der Waals surface area (Å²) in [7, 11) is -5.15. The smallest absolute Gasteiger partial charge is 0.397 e. The highest BCUT2D eigenvalue weighted by molar-refractivity contribution is 7.80. The minimum atomic E-state index is -5.15. The van der Waals surface area contributed by atoms with E-state index in [4.69, 9.17) is 18.4 Å². The number of ether oxygens (including phenoxy) is 3. The Morgan fingerprint density at radius 2 is 1.03 bits per heavy atom. The highest BCUT2D eigenvalue weighted by atomic mass is 32.3. The number of amides is 1. The van der Waals surface area contributed by atoms with Crippen molar-refractivity contribution in [1.82, 2.24) is 5.32 Å². The fraction of sp³-hybridized carbons (Fsp3) is 0.932. The van der Waals surface area contributed by atoms with Gasteiger partial charge in [-0.3, -0.25) is 18.9 Å². The van der Waals surface area contributed by atoms with Crippen molar-refractivity contribution in [2.24, 2.45) is 0 Å². The van der Waals surface area contributed by atoms with Crippen LogP contribution >= 0.6 is 0 Å². The van der Waals surface area contributed by atoms with Crippen LogP contribution in [0.5, 0.6) is 0 Å². The molecule has 14 heteroatoms. The number of unbranched alkanes of at least 4 members (excludes halogenated alkanes) is 24. The second kappa shape index (κ2) is 34.8. The van der Waals surface area contributed by atoms with Gasteiger partial charge < -0.3 is 29.7 Å². The molecule has 0 saturated carbocycles. The van der Waals surface area contributed by atoms with Crippen molar-refractivity contribution < 1.29 is 56.0 Å². The van der Waals surface area contributed by atoms with E-state index in [1.165, 1.54) is 89.9 Å². The van der Waals surface area contributed by atoms with Crippen molar-refractivity contribution in [1.29, 1.82) is 0 Å². The molecule has 6 atom stereocenters. The first-order chi connectivity index (χ1) is 27.9. The summed E-state index contributed by atoms with van der Waals surface area (Å²) in [6.45, 7) is 5.72. The van der Waals surface area contributed by atoms with Gasteiger partial charge in [0.1, 0.15) is 24.4 Å². The zero-order valence-corrected chi connectivity index (χ0v) is 37.3. The van der Waals surface area contributed by atoms with Crippen LogP contribution in [0.15, 0.2) is 0 Å². The zero-order chi connectivity index (χ0) is 42.9. The maximum atomic E-state index is 13.6. The molecule has 0 aliphatic carbocycles. The Balaban J connectivity index is 2.93. The average Bonchev–Trinajstić information content (AvgIpc) is 3.17. The quantitative estimate of drug-likeness (QED) is 0.0262. The molecule has 0 bridgehead atoms. The molecule has 58 heavy (non-hydrogen) atoms. The van der Waals surface area contributed by atoms with Crippen LogP contribution in [0.25, 0.3) is 0 Å². The average molecular weight is 850 g/mol. The lowest BCUT2D eigenvalue weighted by Gasteiger charge is -2.43. The van der Waals surface area contributed by atoms with Crippen molar-refractivity contribution in [3.05, 3.63) is 0 Å². The predicted octanol–water partition coefficient (Wildman–Crippen LogP) is 9.35. The van der Waals surface area contributed by atoms with E-state index in [0.29, 0.717) is 19.3 Å². The molecule has 1 aliphatic rings. The number of carbonyl (C=O) groups is 3. The Morgan fingerprint density at radius 3 is 1.47 bits per heavy atom. The fourth-order valence-electron chi connectivity index (χ4n) is 7.57. The molecule has 0 aromatic rings. The molecule has 0 spiro atoms. The summed E-state index contributed by atoms with van der Waals surface area (Å²) in [4.78, 5) is 39.6. The van der Waals surface area contributed by atoms with Gasteiger partial charge in [0.2, 0.25) is 5.91 Å². The summed E-state index contributed by atoms with van der Waals surface area (Å²) >= 11 is 0. The number of nitrogens with one attached hydrogen (secondary N) is 1. The molecule has 0 aromatic heterocycles. The second-order valence-electron chi connectivity index (χ2n) is 16.4. The van der Waals surface area contributed by atoms with Crippen molar-refractivity contribution in [3.63, 3.8) is 0 Å². The second-order valence-corrected chi connectivity index (χ2v) is 17.4. The van der Waals surface area contributed by atoms with Crippen molar-refractivity contribution >= 4 is 28.2 Å². The van der Waals surface area contributed by atoms with Crippen LogP contribution in [-0.4, -0.2) is 84.4 Å². The van der Waals surface area contributed by atoms with Crippen LogP contribution in [0.2, 0.25) is 0 Å². The Morgan fingerprint density at radius 1 is 0.621 bits per heavy atom. The van der Waals surface area contributed by atoms with Crippen LogP contribution in [0.1, 0.15) is 220 Å². The topological polar surface area (TPSA) is 195 Å². The monoisotopic (exact) mass is 850 g/mol. The Bertz CT molecular complexity index is 1160. The van der Waals surface area contributed by atoms with E-state index in [-0.39, 0.29) is 25.2 Å². The fourth-order valence-corrected chi connectivity index (χ4v) is 8.08. The summed E-state index contributed by atoms with van der Waals surface area (Å²) < 4.78 is 55.0. The molecule has 342 valence electrons. The molecule has 1 fully saturated rings. The number of hydrogen-bond acceptors (Lipinski definition) is 11. The molecular formula is C44H83NO12S. The van der Waals surface area contributed by atoms with Crippen molar-refractivity contribution in [2.75, 3.05) is 6.61 Å². The molecule has 1 heterocycles. The van der Waals surface area contributed by atoms with Crippen LogP contribution in [0, 0.1) is 0 Å². The standard InChI is InChI=1S/C44H83NO12S/c1-4-7-10-13-16-19-22-25-28-31-36(54-39(48)32-29-26-23-20-17-14-11-8-5-2)34-38(47)45-41-43(42(57-58(51,52)53)37(35-46)55-44(41)50)56-40(49)33-30-27-24-21-18-15-12-9-6-3/h36-37,41-44,46,50H,4-35H2,1-3H3,(H,45,47)(H,51,52,53)/t36-,37-,41-,42-,43-,44?/m1/s1. The van der Waals surface area contributed by atoms with E-state index in [2.05, 4.69) is 26.1 Å². The van der Waals surface area contributed by atoms with Crippen molar-refractivity contribution in [2.45, 2.75) is 257 Å². The van der Waals surface area contributed by atoms with Crippen LogP contribution in [-0.2, 0) is 43.2 Å². The largest absolute Gasteiger partial charge is 0.462 e. The minimum absolute atomic E-state index is 0.0118. The number of rotatable bonds is 38. The maximum absolute atomic E-state index is 13.6. The number of carbonyl (C=O) groups excluding carboxylic acids is 3. The molecule has 1 saturated heterocycles. The van der Waals surface area contributed by atoms with E-state index in [0.717, 1.165) is 70.6 Å². The van der Waals surface area contributed by atoms with E-state index in [1.807, 2.05) is 0 Å². The lowest BCUT2D eigenvalue weighted by atomic mass is 9.96. The highest BCUT2D eigenvalue weighted by Crippen LogP contribution is 2.28. The zero-order valence-electron chi connectivity index (χ0n) is 36.5. The SMILES string of the molecule is CCCCCCCCCCCC(=O)O[C@H](CCCCCCCCCCC)CC(=O)N[C@H]1C(O)O[C@H](CO)[C@@H](OS(=O)(=O)O)[C@@H]1OC(=O)CCCCCCCCCCC. The van der Waals surface area contributed by atoms with Gasteiger partial charge in [0.05, 0.1) is 13.0 Å².